The third kappa shape index (κ3) is 2.03. The van der Waals surface area contributed by atoms with Crippen LogP contribution in [-0.4, -0.2) is 30.0 Å². The summed E-state index contributed by atoms with van der Waals surface area (Å²) < 4.78 is 17.9. The molecular formula is C10H11FN2O2. The maximum absolute atomic E-state index is 12.8. The monoisotopic (exact) mass is 210 g/mol. The minimum absolute atomic E-state index is 0.202. The number of carbonyl (C=O) groups excluding carboxylic acids is 1. The number of ketones is 1. The molecule has 5 heteroatoms. The van der Waals surface area contributed by atoms with Crippen molar-refractivity contribution in [1.82, 2.24) is 4.98 Å². The molecule has 2 heterocycles. The van der Waals surface area contributed by atoms with Crippen molar-refractivity contribution in [2.75, 3.05) is 13.2 Å². The third-order valence-corrected chi connectivity index (χ3v) is 2.45. The van der Waals surface area contributed by atoms with E-state index in [0.29, 0.717) is 13.2 Å². The second kappa shape index (κ2) is 4.04. The summed E-state index contributed by atoms with van der Waals surface area (Å²) in [4.78, 5) is 15.5. The molecule has 1 aliphatic heterocycles. The lowest BCUT2D eigenvalue weighted by Gasteiger charge is -2.11. The van der Waals surface area contributed by atoms with Crippen molar-refractivity contribution < 1.29 is 13.9 Å². The van der Waals surface area contributed by atoms with Crippen LogP contribution in [0.1, 0.15) is 10.4 Å². The number of pyridine rings is 1. The van der Waals surface area contributed by atoms with Gasteiger partial charge in [-0.25, -0.2) is 4.39 Å². The number of rotatable bonds is 2. The van der Waals surface area contributed by atoms with Crippen molar-refractivity contribution in [3.63, 3.8) is 0 Å². The zero-order chi connectivity index (χ0) is 10.8. The predicted octanol–water partition coefficient (Wildman–Crippen LogP) is 0.377. The molecule has 0 saturated carbocycles. The minimum Gasteiger partial charge on any atom is -0.379 e. The van der Waals surface area contributed by atoms with E-state index in [9.17, 15) is 9.18 Å². The van der Waals surface area contributed by atoms with Crippen LogP contribution in [0.4, 0.5) is 4.39 Å². The summed E-state index contributed by atoms with van der Waals surface area (Å²) in [7, 11) is 0. The van der Waals surface area contributed by atoms with Crippen LogP contribution in [0, 0.1) is 11.7 Å². The van der Waals surface area contributed by atoms with Gasteiger partial charge in [0.1, 0.15) is 5.82 Å². The van der Waals surface area contributed by atoms with Crippen LogP contribution in [0.3, 0.4) is 0 Å². The predicted molar refractivity (Wildman–Crippen MR) is 50.8 cm³/mol. The van der Waals surface area contributed by atoms with E-state index in [1.54, 1.807) is 0 Å². The van der Waals surface area contributed by atoms with E-state index in [2.05, 4.69) is 4.98 Å². The number of aromatic nitrogens is 1. The maximum atomic E-state index is 12.8. The van der Waals surface area contributed by atoms with Crippen LogP contribution in [-0.2, 0) is 4.74 Å². The summed E-state index contributed by atoms with van der Waals surface area (Å²) in [6.45, 7) is 0.676. The van der Waals surface area contributed by atoms with Gasteiger partial charge >= 0.3 is 0 Å². The number of halogens is 1. The molecular weight excluding hydrogens is 199 g/mol. The number of carbonyl (C=O) groups is 1. The van der Waals surface area contributed by atoms with Gasteiger partial charge < -0.3 is 10.5 Å². The number of hydrogen-bond acceptors (Lipinski definition) is 4. The van der Waals surface area contributed by atoms with E-state index in [1.807, 2.05) is 0 Å². The molecule has 2 rings (SSSR count). The first-order valence-electron chi connectivity index (χ1n) is 4.66. The lowest BCUT2D eigenvalue weighted by atomic mass is 9.95. The highest BCUT2D eigenvalue weighted by atomic mass is 19.1. The number of Topliss-reactive ketones (excluding diaryl/α,β-unsaturated/α-hetero) is 1. The molecule has 1 aromatic heterocycles. The summed E-state index contributed by atoms with van der Waals surface area (Å²) in [6.07, 6.45) is 2.40. The Bertz CT molecular complexity index is 383. The second-order valence-corrected chi connectivity index (χ2v) is 3.56. The van der Waals surface area contributed by atoms with Gasteiger partial charge in [-0.3, -0.25) is 9.78 Å². The van der Waals surface area contributed by atoms with Crippen LogP contribution in [0.5, 0.6) is 0 Å². The van der Waals surface area contributed by atoms with Gasteiger partial charge in [-0.2, -0.15) is 0 Å². The summed E-state index contributed by atoms with van der Waals surface area (Å²) in [5, 5.41) is 0. The highest BCUT2D eigenvalue weighted by Gasteiger charge is 2.32. The average Bonchev–Trinajstić information content (AvgIpc) is 2.63. The zero-order valence-electron chi connectivity index (χ0n) is 8.02. The van der Waals surface area contributed by atoms with Gasteiger partial charge in [0.05, 0.1) is 25.3 Å². The van der Waals surface area contributed by atoms with Crippen molar-refractivity contribution in [3.05, 3.63) is 29.8 Å². The van der Waals surface area contributed by atoms with Gasteiger partial charge in [-0.1, -0.05) is 0 Å². The Hall–Kier alpha value is -1.33. The first kappa shape index (κ1) is 10.2. The summed E-state index contributed by atoms with van der Waals surface area (Å²) in [5.74, 6) is -1.10. The van der Waals surface area contributed by atoms with E-state index >= 15 is 0 Å². The molecule has 1 aliphatic rings. The van der Waals surface area contributed by atoms with Crippen molar-refractivity contribution >= 4 is 5.78 Å². The molecule has 2 N–H and O–H groups in total. The molecule has 1 aromatic rings. The van der Waals surface area contributed by atoms with Gasteiger partial charge in [0, 0.05) is 17.8 Å². The largest absolute Gasteiger partial charge is 0.379 e. The standard InChI is InChI=1S/C10H11FN2O2/c11-7-1-6(2-13-3-7)10(14)8-4-15-5-9(8)12/h1-3,8-9H,4-5,12H2. The minimum atomic E-state index is -0.520. The number of ether oxygens (including phenoxy) is 1. The van der Waals surface area contributed by atoms with Crippen LogP contribution < -0.4 is 5.73 Å². The first-order valence-corrected chi connectivity index (χ1v) is 4.66. The normalized spacial score (nSPS) is 25.5. The van der Waals surface area contributed by atoms with Gasteiger partial charge in [0.15, 0.2) is 5.78 Å². The fourth-order valence-corrected chi connectivity index (χ4v) is 1.60. The molecule has 15 heavy (non-hydrogen) atoms. The highest BCUT2D eigenvalue weighted by molar-refractivity contribution is 5.98. The summed E-state index contributed by atoms with van der Waals surface area (Å²) in [5.41, 5.74) is 5.95. The molecule has 0 aromatic carbocycles. The first-order chi connectivity index (χ1) is 7.18. The van der Waals surface area contributed by atoms with E-state index in [4.69, 9.17) is 10.5 Å². The molecule has 0 bridgehead atoms. The number of hydrogen-bond donors (Lipinski definition) is 1. The lowest BCUT2D eigenvalue weighted by Crippen LogP contribution is -2.34. The van der Waals surface area contributed by atoms with Crippen molar-refractivity contribution in [2.45, 2.75) is 6.04 Å². The Labute approximate surface area is 86.3 Å². The SMILES string of the molecule is NC1COCC1C(=O)c1cncc(F)c1. The number of nitrogens with two attached hydrogens (primary N) is 1. The lowest BCUT2D eigenvalue weighted by molar-refractivity contribution is 0.0895. The topological polar surface area (TPSA) is 65.2 Å². The fraction of sp³-hybridized carbons (Fsp3) is 0.400. The van der Waals surface area contributed by atoms with E-state index in [0.717, 1.165) is 6.20 Å². The quantitative estimate of drug-likeness (QED) is 0.716. The molecule has 0 radical (unpaired) electrons. The van der Waals surface area contributed by atoms with Gasteiger partial charge in [0.25, 0.3) is 0 Å². The molecule has 0 spiro atoms. The van der Waals surface area contributed by atoms with Gasteiger partial charge in [0.2, 0.25) is 0 Å². The smallest absolute Gasteiger partial charge is 0.171 e. The molecule has 2 unspecified atom stereocenters. The van der Waals surface area contributed by atoms with Crippen LogP contribution in [0.15, 0.2) is 18.5 Å². The molecule has 4 nitrogen and oxygen atoms in total. The molecule has 2 atom stereocenters. The Kier molecular flexibility index (Phi) is 2.75. The highest BCUT2D eigenvalue weighted by Crippen LogP contribution is 2.17. The molecule has 0 amide bonds. The molecule has 0 aliphatic carbocycles. The van der Waals surface area contributed by atoms with Crippen molar-refractivity contribution in [3.8, 4) is 0 Å². The molecule has 80 valence electrons. The Morgan fingerprint density at radius 3 is 2.93 bits per heavy atom. The Balaban J connectivity index is 2.20. The van der Waals surface area contributed by atoms with E-state index in [1.165, 1.54) is 12.3 Å². The molecule has 1 fully saturated rings. The Morgan fingerprint density at radius 1 is 1.53 bits per heavy atom. The third-order valence-electron chi connectivity index (χ3n) is 2.45. The van der Waals surface area contributed by atoms with Crippen LogP contribution in [0.2, 0.25) is 0 Å². The molecule has 1 saturated heterocycles. The fourth-order valence-electron chi connectivity index (χ4n) is 1.60. The second-order valence-electron chi connectivity index (χ2n) is 3.56. The van der Waals surface area contributed by atoms with Gasteiger partial charge in [-0.15, -0.1) is 0 Å². The van der Waals surface area contributed by atoms with Crippen molar-refractivity contribution in [2.24, 2.45) is 11.7 Å². The van der Waals surface area contributed by atoms with Crippen LogP contribution >= 0.6 is 0 Å². The van der Waals surface area contributed by atoms with Crippen molar-refractivity contribution in [1.29, 1.82) is 0 Å². The summed E-state index contributed by atoms with van der Waals surface area (Å²) >= 11 is 0. The average molecular weight is 210 g/mol. The van der Waals surface area contributed by atoms with Gasteiger partial charge in [-0.05, 0) is 6.07 Å². The number of nitrogens with zero attached hydrogens (tertiary/aromatic N) is 1. The van der Waals surface area contributed by atoms with E-state index in [-0.39, 0.29) is 23.3 Å². The van der Waals surface area contributed by atoms with Crippen LogP contribution in [0.25, 0.3) is 0 Å². The zero-order valence-corrected chi connectivity index (χ0v) is 8.02. The maximum Gasteiger partial charge on any atom is 0.171 e. The Morgan fingerprint density at radius 2 is 2.33 bits per heavy atom. The summed E-state index contributed by atoms with van der Waals surface area (Å²) in [6, 6.07) is 0.862. The van der Waals surface area contributed by atoms with E-state index < -0.39 is 5.82 Å².